The summed E-state index contributed by atoms with van der Waals surface area (Å²) in [5.41, 5.74) is -0.565. The van der Waals surface area contributed by atoms with E-state index in [4.69, 9.17) is 30.7 Å². The van der Waals surface area contributed by atoms with E-state index < -0.39 is 36.2 Å². The van der Waals surface area contributed by atoms with Crippen LogP contribution in [0.25, 0.3) is 0 Å². The number of hydrogen-bond donors (Lipinski definition) is 6. The fourth-order valence-electron chi connectivity index (χ4n) is 1.22. The monoisotopic (exact) mass is 193 g/mol. The number of nitrogens with zero attached hydrogens (tertiary/aromatic N) is 1. The van der Waals surface area contributed by atoms with Gasteiger partial charge in [-0.05, 0) is 0 Å². The lowest BCUT2D eigenvalue weighted by Gasteiger charge is -2.35. The molecule has 6 N–H and O–H groups in total. The lowest BCUT2D eigenvalue weighted by atomic mass is 9.86. The minimum absolute atomic E-state index is 0.565. The summed E-state index contributed by atoms with van der Waals surface area (Å²) in [5.74, 6) is 0. The molecule has 0 heterocycles. The van der Waals surface area contributed by atoms with Crippen molar-refractivity contribution in [1.29, 1.82) is 0 Å². The summed E-state index contributed by atoms with van der Waals surface area (Å²) in [6, 6.07) is 0. The van der Waals surface area contributed by atoms with E-state index >= 15 is 0 Å². The summed E-state index contributed by atoms with van der Waals surface area (Å²) in [6.07, 6.45) is -8.39. The highest BCUT2D eigenvalue weighted by molar-refractivity contribution is 5.94. The molecule has 1 aliphatic rings. The standard InChI is InChI=1S/C6H11NO6/c8-2-1(7-13)3(9)5(11)6(12)4(2)10/h2-6,8-13H/t2-,3+,4-,5-,6?/m0/s1. The van der Waals surface area contributed by atoms with E-state index in [0.29, 0.717) is 0 Å². The third-order valence-corrected chi connectivity index (χ3v) is 2.07. The highest BCUT2D eigenvalue weighted by atomic mass is 16.4. The van der Waals surface area contributed by atoms with E-state index in [1.54, 1.807) is 0 Å². The fourth-order valence-corrected chi connectivity index (χ4v) is 1.22. The molecule has 0 saturated heterocycles. The van der Waals surface area contributed by atoms with Gasteiger partial charge in [-0.15, -0.1) is 0 Å². The summed E-state index contributed by atoms with van der Waals surface area (Å²) in [5, 5.41) is 56.3. The first-order valence-electron chi connectivity index (χ1n) is 3.63. The highest BCUT2D eigenvalue weighted by Crippen LogP contribution is 2.18. The van der Waals surface area contributed by atoms with Crippen molar-refractivity contribution in [3.63, 3.8) is 0 Å². The molecular formula is C6H11NO6. The average molecular weight is 193 g/mol. The van der Waals surface area contributed by atoms with Gasteiger partial charge in [0.15, 0.2) is 0 Å². The molecule has 5 atom stereocenters. The molecule has 0 aromatic rings. The van der Waals surface area contributed by atoms with Gasteiger partial charge in [-0.1, -0.05) is 5.16 Å². The van der Waals surface area contributed by atoms with E-state index in [1.165, 1.54) is 0 Å². The normalized spacial score (nSPS) is 49.6. The van der Waals surface area contributed by atoms with Gasteiger partial charge in [0.05, 0.1) is 0 Å². The third-order valence-electron chi connectivity index (χ3n) is 2.07. The van der Waals surface area contributed by atoms with Crippen molar-refractivity contribution in [2.75, 3.05) is 0 Å². The van der Waals surface area contributed by atoms with Gasteiger partial charge in [0.1, 0.15) is 36.2 Å². The Bertz CT molecular complexity index is 201. The van der Waals surface area contributed by atoms with Gasteiger partial charge in [0, 0.05) is 0 Å². The van der Waals surface area contributed by atoms with Crippen molar-refractivity contribution in [1.82, 2.24) is 0 Å². The number of oxime groups is 1. The molecule has 1 rings (SSSR count). The van der Waals surface area contributed by atoms with Crippen molar-refractivity contribution in [2.24, 2.45) is 5.16 Å². The van der Waals surface area contributed by atoms with E-state index in [2.05, 4.69) is 5.16 Å². The Kier molecular flexibility index (Phi) is 2.84. The van der Waals surface area contributed by atoms with Gasteiger partial charge >= 0.3 is 0 Å². The molecule has 1 unspecified atom stereocenters. The second-order valence-electron chi connectivity index (χ2n) is 2.89. The summed E-state index contributed by atoms with van der Waals surface area (Å²) < 4.78 is 0. The molecule has 76 valence electrons. The Morgan fingerprint density at radius 3 is 1.46 bits per heavy atom. The minimum Gasteiger partial charge on any atom is -0.411 e. The maximum atomic E-state index is 9.12. The predicted octanol–water partition coefficient (Wildman–Crippen LogP) is -3.37. The maximum Gasteiger partial charge on any atom is 0.127 e. The van der Waals surface area contributed by atoms with Crippen molar-refractivity contribution < 1.29 is 30.7 Å². The summed E-state index contributed by atoms with van der Waals surface area (Å²) in [6.45, 7) is 0. The van der Waals surface area contributed by atoms with Crippen LogP contribution in [-0.4, -0.2) is 67.0 Å². The minimum atomic E-state index is -1.68. The van der Waals surface area contributed by atoms with Crippen LogP contribution in [0.2, 0.25) is 0 Å². The SMILES string of the molecule is ON=C1[C@@H](O)[C@H](O)C(O)[C@@H](O)[C@H]1O. The summed E-state index contributed by atoms with van der Waals surface area (Å²) in [7, 11) is 0. The quantitative estimate of drug-likeness (QED) is 0.176. The van der Waals surface area contributed by atoms with Crippen LogP contribution < -0.4 is 0 Å². The Hall–Kier alpha value is -0.730. The fraction of sp³-hybridized carbons (Fsp3) is 0.833. The molecule has 0 aliphatic heterocycles. The number of aliphatic hydroxyl groups is 5. The molecule has 1 saturated carbocycles. The zero-order valence-corrected chi connectivity index (χ0v) is 6.52. The Morgan fingerprint density at radius 1 is 0.769 bits per heavy atom. The van der Waals surface area contributed by atoms with Gasteiger partial charge in [-0.2, -0.15) is 0 Å². The molecule has 0 spiro atoms. The Balaban J connectivity index is 2.92. The van der Waals surface area contributed by atoms with Gasteiger partial charge in [-0.25, -0.2) is 0 Å². The first kappa shape index (κ1) is 10.4. The number of rotatable bonds is 0. The molecule has 0 aromatic carbocycles. The van der Waals surface area contributed by atoms with Gasteiger partial charge in [-0.3, -0.25) is 0 Å². The van der Waals surface area contributed by atoms with Crippen LogP contribution in [0.3, 0.4) is 0 Å². The average Bonchev–Trinajstić information content (AvgIpc) is 2.13. The lowest BCUT2D eigenvalue weighted by Crippen LogP contribution is -2.61. The van der Waals surface area contributed by atoms with Crippen molar-refractivity contribution >= 4 is 5.71 Å². The van der Waals surface area contributed by atoms with E-state index in [-0.39, 0.29) is 0 Å². The van der Waals surface area contributed by atoms with Crippen LogP contribution >= 0.6 is 0 Å². The lowest BCUT2D eigenvalue weighted by molar-refractivity contribution is -0.131. The first-order valence-corrected chi connectivity index (χ1v) is 3.63. The largest absolute Gasteiger partial charge is 0.411 e. The van der Waals surface area contributed by atoms with Crippen LogP contribution in [0, 0.1) is 0 Å². The molecule has 0 aromatic heterocycles. The Labute approximate surface area is 73.2 Å². The predicted molar refractivity (Wildman–Crippen MR) is 39.3 cm³/mol. The molecule has 0 bridgehead atoms. The molecule has 7 nitrogen and oxygen atoms in total. The van der Waals surface area contributed by atoms with E-state index in [9.17, 15) is 0 Å². The van der Waals surface area contributed by atoms with Crippen LogP contribution in [0.5, 0.6) is 0 Å². The molecule has 13 heavy (non-hydrogen) atoms. The van der Waals surface area contributed by atoms with Crippen LogP contribution in [0.4, 0.5) is 0 Å². The van der Waals surface area contributed by atoms with Gasteiger partial charge in [0.25, 0.3) is 0 Å². The highest BCUT2D eigenvalue weighted by Gasteiger charge is 2.46. The summed E-state index contributed by atoms with van der Waals surface area (Å²) >= 11 is 0. The van der Waals surface area contributed by atoms with Crippen LogP contribution in [-0.2, 0) is 0 Å². The zero-order valence-electron chi connectivity index (χ0n) is 6.52. The molecule has 1 fully saturated rings. The van der Waals surface area contributed by atoms with E-state index in [1.807, 2.05) is 0 Å². The first-order chi connectivity index (χ1) is 6.00. The van der Waals surface area contributed by atoms with Crippen LogP contribution in [0.1, 0.15) is 0 Å². The second-order valence-corrected chi connectivity index (χ2v) is 2.89. The van der Waals surface area contributed by atoms with Crippen molar-refractivity contribution in [3.8, 4) is 0 Å². The number of hydrogen-bond acceptors (Lipinski definition) is 7. The topological polar surface area (TPSA) is 134 Å². The molecular weight excluding hydrogens is 182 g/mol. The van der Waals surface area contributed by atoms with Crippen molar-refractivity contribution in [2.45, 2.75) is 30.5 Å². The van der Waals surface area contributed by atoms with Gasteiger partial charge < -0.3 is 30.7 Å². The van der Waals surface area contributed by atoms with E-state index in [0.717, 1.165) is 0 Å². The molecule has 0 radical (unpaired) electrons. The maximum absolute atomic E-state index is 9.12. The zero-order chi connectivity index (χ0) is 10.2. The summed E-state index contributed by atoms with van der Waals surface area (Å²) in [4.78, 5) is 0. The second kappa shape index (κ2) is 3.56. The van der Waals surface area contributed by atoms with Gasteiger partial charge in [0.2, 0.25) is 0 Å². The molecule has 0 amide bonds. The molecule has 1 aliphatic carbocycles. The molecule has 7 heteroatoms. The van der Waals surface area contributed by atoms with Crippen molar-refractivity contribution in [3.05, 3.63) is 0 Å². The number of aliphatic hydroxyl groups excluding tert-OH is 5. The van der Waals surface area contributed by atoms with Crippen LogP contribution in [0.15, 0.2) is 5.16 Å². The Morgan fingerprint density at radius 2 is 1.15 bits per heavy atom. The third kappa shape index (κ3) is 1.52. The smallest absolute Gasteiger partial charge is 0.127 e.